The van der Waals surface area contributed by atoms with Gasteiger partial charge in [-0.3, -0.25) is 4.90 Å². The van der Waals surface area contributed by atoms with E-state index < -0.39 is 18.3 Å². The van der Waals surface area contributed by atoms with Gasteiger partial charge in [0.15, 0.2) is 0 Å². The molecule has 0 bridgehead atoms. The van der Waals surface area contributed by atoms with Crippen molar-refractivity contribution in [3.05, 3.63) is 35.9 Å². The molecule has 1 unspecified atom stereocenters. The van der Waals surface area contributed by atoms with Crippen molar-refractivity contribution in [3.63, 3.8) is 0 Å². The Morgan fingerprint density at radius 2 is 1.89 bits per heavy atom. The first-order valence-corrected chi connectivity index (χ1v) is 6.38. The minimum Gasteiger partial charge on any atom is -0.307 e. The summed E-state index contributed by atoms with van der Waals surface area (Å²) in [6.07, 6.45) is -4.16. The summed E-state index contributed by atoms with van der Waals surface area (Å²) in [6.45, 7) is 3.74. The molecule has 1 aromatic carbocycles. The molecule has 0 radical (unpaired) electrons. The van der Waals surface area contributed by atoms with E-state index in [1.807, 2.05) is 44.2 Å². The van der Waals surface area contributed by atoms with Gasteiger partial charge in [0.05, 0.1) is 6.54 Å². The topological polar surface area (TPSA) is 15.3 Å². The average molecular weight is 272 g/mol. The van der Waals surface area contributed by atoms with Crippen LogP contribution in [-0.2, 0) is 0 Å². The van der Waals surface area contributed by atoms with Crippen molar-refractivity contribution in [2.45, 2.75) is 31.6 Å². The van der Waals surface area contributed by atoms with Gasteiger partial charge in [-0.15, -0.1) is 0 Å². The fraction of sp³-hybridized carbons (Fsp3) is 0.571. The highest BCUT2D eigenvalue weighted by molar-refractivity contribution is 5.20. The second-order valence-electron chi connectivity index (χ2n) is 5.65. The van der Waals surface area contributed by atoms with Gasteiger partial charge in [0.25, 0.3) is 0 Å². The Hall–Kier alpha value is -1.07. The van der Waals surface area contributed by atoms with E-state index in [-0.39, 0.29) is 6.04 Å². The van der Waals surface area contributed by atoms with Gasteiger partial charge < -0.3 is 5.32 Å². The van der Waals surface area contributed by atoms with Gasteiger partial charge in [0, 0.05) is 24.7 Å². The standard InChI is InChI=1S/C14H19F3N2/c1-13(2)9-18-12(11-6-4-3-5-7-11)8-19(13)10-14(15,16)17/h3-7,12,18H,8-10H2,1-2H3. The van der Waals surface area contributed by atoms with Crippen molar-refractivity contribution in [2.24, 2.45) is 0 Å². The van der Waals surface area contributed by atoms with E-state index in [0.717, 1.165) is 5.56 Å². The monoisotopic (exact) mass is 272 g/mol. The largest absolute Gasteiger partial charge is 0.401 e. The van der Waals surface area contributed by atoms with Crippen LogP contribution in [0.25, 0.3) is 0 Å². The fourth-order valence-electron chi connectivity index (χ4n) is 2.42. The molecular formula is C14H19F3N2. The Morgan fingerprint density at radius 3 is 2.47 bits per heavy atom. The van der Waals surface area contributed by atoms with E-state index in [0.29, 0.717) is 13.1 Å². The number of rotatable bonds is 2. The molecule has 1 aliphatic heterocycles. The summed E-state index contributed by atoms with van der Waals surface area (Å²) in [7, 11) is 0. The maximum absolute atomic E-state index is 12.7. The minimum atomic E-state index is -4.16. The van der Waals surface area contributed by atoms with Crippen molar-refractivity contribution >= 4 is 0 Å². The highest BCUT2D eigenvalue weighted by atomic mass is 19.4. The molecule has 1 N–H and O–H groups in total. The summed E-state index contributed by atoms with van der Waals surface area (Å²) >= 11 is 0. The van der Waals surface area contributed by atoms with E-state index >= 15 is 0 Å². The highest BCUT2D eigenvalue weighted by Gasteiger charge is 2.41. The van der Waals surface area contributed by atoms with Gasteiger partial charge in [-0.25, -0.2) is 0 Å². The summed E-state index contributed by atoms with van der Waals surface area (Å²) in [5, 5.41) is 3.33. The Bertz CT molecular complexity index is 414. The van der Waals surface area contributed by atoms with Crippen LogP contribution in [0.1, 0.15) is 25.5 Å². The van der Waals surface area contributed by atoms with Crippen LogP contribution in [0.15, 0.2) is 30.3 Å². The highest BCUT2D eigenvalue weighted by Crippen LogP contribution is 2.29. The first kappa shape index (κ1) is 14.3. The quantitative estimate of drug-likeness (QED) is 0.890. The summed E-state index contributed by atoms with van der Waals surface area (Å²) in [5.74, 6) is 0. The van der Waals surface area contributed by atoms with Crippen LogP contribution in [0.2, 0.25) is 0 Å². The average Bonchev–Trinajstić information content (AvgIpc) is 2.31. The molecule has 19 heavy (non-hydrogen) atoms. The minimum absolute atomic E-state index is 0.0448. The normalized spacial score (nSPS) is 24.4. The van der Waals surface area contributed by atoms with Crippen LogP contribution in [0.5, 0.6) is 0 Å². The van der Waals surface area contributed by atoms with E-state index in [9.17, 15) is 13.2 Å². The molecule has 1 saturated heterocycles. The first-order valence-electron chi connectivity index (χ1n) is 6.38. The number of alkyl halides is 3. The number of halogens is 3. The van der Waals surface area contributed by atoms with Gasteiger partial charge in [-0.1, -0.05) is 30.3 Å². The van der Waals surface area contributed by atoms with Crippen molar-refractivity contribution in [1.82, 2.24) is 10.2 Å². The molecule has 106 valence electrons. The zero-order chi connectivity index (χ0) is 14.1. The van der Waals surface area contributed by atoms with Gasteiger partial charge in [0.1, 0.15) is 0 Å². The van der Waals surface area contributed by atoms with Crippen LogP contribution >= 0.6 is 0 Å². The molecule has 2 nitrogen and oxygen atoms in total. The predicted octanol–water partition coefficient (Wildman–Crippen LogP) is 2.97. The van der Waals surface area contributed by atoms with Crippen LogP contribution < -0.4 is 5.32 Å². The SMILES string of the molecule is CC1(C)CNC(c2ccccc2)CN1CC(F)(F)F. The lowest BCUT2D eigenvalue weighted by Crippen LogP contribution is -2.60. The molecule has 0 amide bonds. The smallest absolute Gasteiger partial charge is 0.307 e. The Balaban J connectivity index is 2.12. The summed E-state index contributed by atoms with van der Waals surface area (Å²) in [4.78, 5) is 1.52. The third-order valence-corrected chi connectivity index (χ3v) is 3.61. The third-order valence-electron chi connectivity index (χ3n) is 3.61. The second-order valence-corrected chi connectivity index (χ2v) is 5.65. The summed E-state index contributed by atoms with van der Waals surface area (Å²) < 4.78 is 38.0. The Labute approximate surface area is 111 Å². The maximum Gasteiger partial charge on any atom is 0.401 e. The molecule has 1 aromatic rings. The molecular weight excluding hydrogens is 253 g/mol. The molecule has 1 atom stereocenters. The fourth-order valence-corrected chi connectivity index (χ4v) is 2.42. The number of piperazine rings is 1. The van der Waals surface area contributed by atoms with Gasteiger partial charge in [0.2, 0.25) is 0 Å². The molecule has 5 heteroatoms. The summed E-state index contributed by atoms with van der Waals surface area (Å²) in [6, 6.07) is 9.57. The number of nitrogens with one attached hydrogen (secondary N) is 1. The second kappa shape index (κ2) is 5.13. The van der Waals surface area contributed by atoms with E-state index in [4.69, 9.17) is 0 Å². The molecule has 2 rings (SSSR count). The van der Waals surface area contributed by atoms with Gasteiger partial charge >= 0.3 is 6.18 Å². The molecule has 1 aliphatic rings. The Kier molecular flexibility index (Phi) is 3.87. The number of benzene rings is 1. The van der Waals surface area contributed by atoms with Crippen molar-refractivity contribution < 1.29 is 13.2 Å². The van der Waals surface area contributed by atoms with Crippen LogP contribution in [-0.4, -0.2) is 36.2 Å². The summed E-state index contributed by atoms with van der Waals surface area (Å²) in [5.41, 5.74) is 0.547. The van der Waals surface area contributed by atoms with Crippen molar-refractivity contribution in [1.29, 1.82) is 0 Å². The molecule has 1 heterocycles. The van der Waals surface area contributed by atoms with Gasteiger partial charge in [-0.2, -0.15) is 13.2 Å². The Morgan fingerprint density at radius 1 is 1.26 bits per heavy atom. The van der Waals surface area contributed by atoms with Crippen molar-refractivity contribution in [2.75, 3.05) is 19.6 Å². The zero-order valence-electron chi connectivity index (χ0n) is 11.2. The zero-order valence-corrected chi connectivity index (χ0v) is 11.2. The molecule has 0 saturated carbocycles. The number of hydrogen-bond acceptors (Lipinski definition) is 2. The molecule has 0 spiro atoms. The molecule has 0 aromatic heterocycles. The van der Waals surface area contributed by atoms with Crippen LogP contribution in [0, 0.1) is 0 Å². The van der Waals surface area contributed by atoms with Crippen LogP contribution in [0.3, 0.4) is 0 Å². The molecule has 0 aliphatic carbocycles. The number of nitrogens with zero attached hydrogens (tertiary/aromatic N) is 1. The van der Waals surface area contributed by atoms with Gasteiger partial charge in [-0.05, 0) is 19.4 Å². The van der Waals surface area contributed by atoms with E-state index in [2.05, 4.69) is 5.32 Å². The van der Waals surface area contributed by atoms with E-state index in [1.54, 1.807) is 0 Å². The first-order chi connectivity index (χ1) is 8.78. The number of hydrogen-bond donors (Lipinski definition) is 1. The lowest BCUT2D eigenvalue weighted by molar-refractivity contribution is -0.161. The van der Waals surface area contributed by atoms with Crippen molar-refractivity contribution in [3.8, 4) is 0 Å². The third kappa shape index (κ3) is 3.70. The molecule has 1 fully saturated rings. The lowest BCUT2D eigenvalue weighted by atomic mass is 9.94. The lowest BCUT2D eigenvalue weighted by Gasteiger charge is -2.46. The predicted molar refractivity (Wildman–Crippen MR) is 68.9 cm³/mol. The van der Waals surface area contributed by atoms with Crippen LogP contribution in [0.4, 0.5) is 13.2 Å². The maximum atomic E-state index is 12.7. The van der Waals surface area contributed by atoms with E-state index in [1.165, 1.54) is 4.90 Å².